The van der Waals surface area contributed by atoms with Gasteiger partial charge in [-0.1, -0.05) is 34.3 Å². The van der Waals surface area contributed by atoms with E-state index in [2.05, 4.69) is 66.1 Å². The molecule has 2 saturated carbocycles. The summed E-state index contributed by atoms with van der Waals surface area (Å²) >= 11 is 0. The van der Waals surface area contributed by atoms with Gasteiger partial charge in [-0.3, -0.25) is 19.3 Å². The van der Waals surface area contributed by atoms with E-state index in [9.17, 15) is 19.6 Å². The Balaban J connectivity index is 0.793. The molecule has 14 heteroatoms. The first-order chi connectivity index (χ1) is 30.1. The smallest absolute Gasteiger partial charge is 0.255 e. The molecule has 0 unspecified atom stereocenters. The maximum atomic E-state index is 13.6. The number of amides is 3. The molecule has 334 valence electrons. The van der Waals surface area contributed by atoms with Crippen LogP contribution < -0.4 is 39.8 Å². The minimum absolute atomic E-state index is 0.0619. The Bertz CT molecular complexity index is 2260. The number of ether oxygens (including phenoxy) is 5. The van der Waals surface area contributed by atoms with Crippen LogP contribution in [0.15, 0.2) is 72.9 Å². The lowest BCUT2D eigenvalue weighted by Crippen LogP contribution is -2.74. The molecule has 3 aromatic rings. The summed E-state index contributed by atoms with van der Waals surface area (Å²) in [6.45, 7) is 16.5. The van der Waals surface area contributed by atoms with E-state index in [1.165, 1.54) is 14.2 Å². The molecule has 3 aromatic carbocycles. The largest absolute Gasteiger partial charge is 0.496 e. The third-order valence-corrected chi connectivity index (χ3v) is 14.1. The van der Waals surface area contributed by atoms with E-state index in [0.717, 1.165) is 57.5 Å². The zero-order valence-electron chi connectivity index (χ0n) is 37.3. The number of nitrogens with zero attached hydrogens (tertiary/aromatic N) is 3. The molecule has 14 nitrogen and oxygen atoms in total. The number of carbonyl (C=O) groups excluding carboxylic acids is 3. The highest BCUT2D eigenvalue weighted by Crippen LogP contribution is 2.56. The second-order valence-corrected chi connectivity index (χ2v) is 18.9. The summed E-state index contributed by atoms with van der Waals surface area (Å²) < 4.78 is 30.3. The number of nitriles is 1. The van der Waals surface area contributed by atoms with Crippen molar-refractivity contribution in [3.8, 4) is 29.1 Å². The first-order valence-corrected chi connectivity index (χ1v) is 22.1. The molecule has 3 amide bonds. The summed E-state index contributed by atoms with van der Waals surface area (Å²) in [6.07, 6.45) is 4.66. The van der Waals surface area contributed by atoms with Gasteiger partial charge in [0.25, 0.3) is 11.8 Å². The number of rotatable bonds is 12. The predicted octanol–water partition coefficient (Wildman–Crippen LogP) is 5.99. The topological polar surface area (TPSA) is 164 Å². The molecule has 3 aliphatic heterocycles. The number of nitrogens with one attached hydrogen (secondary N) is 3. The van der Waals surface area contributed by atoms with E-state index < -0.39 is 6.04 Å². The number of piperidine rings is 2. The fraction of sp³-hybridized carbons (Fsp3) is 0.510. The number of methoxy groups -OCH3 is 2. The van der Waals surface area contributed by atoms with Gasteiger partial charge in [0.1, 0.15) is 47.3 Å². The molecule has 0 radical (unpaired) electrons. The molecule has 3 heterocycles. The zero-order valence-corrected chi connectivity index (χ0v) is 37.3. The molecule has 1 spiro atoms. The Morgan fingerprint density at radius 3 is 2.21 bits per heavy atom. The average Bonchev–Trinajstić information content (AvgIpc) is 3.26. The molecule has 63 heavy (non-hydrogen) atoms. The maximum Gasteiger partial charge on any atom is 0.255 e. The fourth-order valence-electron chi connectivity index (χ4n) is 10.7. The minimum atomic E-state index is -0.618. The van der Waals surface area contributed by atoms with Crippen molar-refractivity contribution < 1.29 is 38.1 Å². The van der Waals surface area contributed by atoms with Gasteiger partial charge in [0.2, 0.25) is 5.91 Å². The number of morpholine rings is 1. The molecule has 0 aromatic heterocycles. The van der Waals surface area contributed by atoms with Gasteiger partial charge in [0.05, 0.1) is 37.6 Å². The monoisotopic (exact) mass is 860 g/mol. The predicted molar refractivity (Wildman–Crippen MR) is 237 cm³/mol. The van der Waals surface area contributed by atoms with Crippen molar-refractivity contribution in [1.29, 1.82) is 5.26 Å². The Hall–Kier alpha value is -5.78. The van der Waals surface area contributed by atoms with Crippen molar-refractivity contribution >= 4 is 23.4 Å². The molecule has 5 aliphatic rings. The van der Waals surface area contributed by atoms with Gasteiger partial charge in [-0.2, -0.15) is 5.26 Å². The standard InChI is InChI=1S/C49H60N6O8/c1-30-8-17-39(44(58)51-30)52-43(57)38-16-15-35(27-41(38)60-7)62-37-24-34(25-37)55-22-23-61-49(29-55)18-20-54(21-19-49)33-12-9-31(10-13-33)42(56)53-45-47(2,3)46(48(45,4)5)63-36-14-11-32(28-50)40(26-36)59-6/h9-16,26-27,34,37,39,45-46H,1,8,17-25,29H2,2-7H3,(H,51,58)(H,52,57)(H,53,56)/t34?,37?,39-,45?,46?/m0/s1. The van der Waals surface area contributed by atoms with Crippen LogP contribution in [-0.4, -0.2) is 106 Å². The van der Waals surface area contributed by atoms with Crippen LogP contribution in [0.2, 0.25) is 0 Å². The van der Waals surface area contributed by atoms with E-state index >= 15 is 0 Å². The van der Waals surface area contributed by atoms with Gasteiger partial charge in [-0.25, -0.2) is 0 Å². The molecule has 8 rings (SSSR count). The van der Waals surface area contributed by atoms with Crippen LogP contribution in [0.1, 0.15) is 92.5 Å². The second-order valence-electron chi connectivity index (χ2n) is 18.9. The van der Waals surface area contributed by atoms with Crippen molar-refractivity contribution in [3.05, 3.63) is 89.6 Å². The Labute approximate surface area is 370 Å². The molecule has 3 saturated heterocycles. The lowest BCUT2D eigenvalue weighted by atomic mass is 9.49. The molecule has 2 aliphatic carbocycles. The Kier molecular flexibility index (Phi) is 12.1. The number of hydrogen-bond donors (Lipinski definition) is 3. The maximum absolute atomic E-state index is 13.6. The van der Waals surface area contributed by atoms with Crippen LogP contribution >= 0.6 is 0 Å². The van der Waals surface area contributed by atoms with Crippen molar-refractivity contribution in [2.24, 2.45) is 10.8 Å². The van der Waals surface area contributed by atoms with Gasteiger partial charge in [-0.05, 0) is 74.2 Å². The number of anilines is 1. The molecule has 3 N–H and O–H groups in total. The van der Waals surface area contributed by atoms with Crippen molar-refractivity contribution in [2.45, 2.75) is 102 Å². The lowest BCUT2D eigenvalue weighted by molar-refractivity contribution is -0.164. The van der Waals surface area contributed by atoms with Crippen LogP contribution in [0.4, 0.5) is 5.69 Å². The van der Waals surface area contributed by atoms with E-state index in [0.29, 0.717) is 70.9 Å². The minimum Gasteiger partial charge on any atom is -0.496 e. The fourth-order valence-corrected chi connectivity index (χ4v) is 10.7. The molecule has 5 fully saturated rings. The van der Waals surface area contributed by atoms with Crippen LogP contribution in [0, 0.1) is 22.2 Å². The van der Waals surface area contributed by atoms with Crippen LogP contribution in [0.25, 0.3) is 0 Å². The number of benzene rings is 3. The van der Waals surface area contributed by atoms with E-state index in [4.69, 9.17) is 23.7 Å². The summed E-state index contributed by atoms with van der Waals surface area (Å²) in [5, 5.41) is 18.2. The third-order valence-electron chi connectivity index (χ3n) is 14.1. The van der Waals surface area contributed by atoms with Crippen molar-refractivity contribution in [1.82, 2.24) is 20.9 Å². The molecule has 1 atom stereocenters. The Morgan fingerprint density at radius 2 is 1.54 bits per heavy atom. The van der Waals surface area contributed by atoms with E-state index in [-0.39, 0.29) is 52.4 Å². The number of hydrogen-bond acceptors (Lipinski definition) is 11. The second kappa shape index (κ2) is 17.4. The van der Waals surface area contributed by atoms with Gasteiger partial charge in [0, 0.05) is 91.0 Å². The highest BCUT2D eigenvalue weighted by atomic mass is 16.5. The van der Waals surface area contributed by atoms with Crippen LogP contribution in [-0.2, 0) is 9.53 Å². The summed E-state index contributed by atoms with van der Waals surface area (Å²) in [7, 11) is 3.06. The highest BCUT2D eigenvalue weighted by molar-refractivity contribution is 6.00. The SMILES string of the molecule is C=C1CC[C@H](NC(=O)c2ccc(OC3CC(N4CCOC5(CCN(c6ccc(C(=O)NC7C(C)(C)C(Oc8ccc(C#N)c(OC)c8)C7(C)C)cc6)CC5)C4)C3)cc2OC)C(=O)N1. The van der Waals surface area contributed by atoms with Gasteiger partial charge < -0.3 is 44.5 Å². The van der Waals surface area contributed by atoms with Crippen molar-refractivity contribution in [2.75, 3.05) is 51.9 Å². The third kappa shape index (κ3) is 8.78. The van der Waals surface area contributed by atoms with Gasteiger partial charge >= 0.3 is 0 Å². The lowest BCUT2D eigenvalue weighted by Gasteiger charge is -2.63. The summed E-state index contributed by atoms with van der Waals surface area (Å²) in [5.41, 5.74) is 2.27. The molecule has 0 bridgehead atoms. The van der Waals surface area contributed by atoms with Gasteiger partial charge in [0.15, 0.2) is 0 Å². The number of allylic oxidation sites excluding steroid dienone is 1. The van der Waals surface area contributed by atoms with Gasteiger partial charge in [-0.15, -0.1) is 0 Å². The van der Waals surface area contributed by atoms with Crippen molar-refractivity contribution in [3.63, 3.8) is 0 Å². The normalized spacial score (nSPS) is 25.9. The highest BCUT2D eigenvalue weighted by Gasteiger charge is 2.64. The molecular weight excluding hydrogens is 801 g/mol. The first kappa shape index (κ1) is 43.9. The zero-order chi connectivity index (χ0) is 44.7. The molecular formula is C49H60N6O8. The summed E-state index contributed by atoms with van der Waals surface area (Å²) in [4.78, 5) is 43.9. The van der Waals surface area contributed by atoms with Crippen LogP contribution in [0.5, 0.6) is 23.0 Å². The van der Waals surface area contributed by atoms with E-state index in [1.807, 2.05) is 24.3 Å². The van der Waals surface area contributed by atoms with Crippen LogP contribution in [0.3, 0.4) is 0 Å². The van der Waals surface area contributed by atoms with E-state index in [1.54, 1.807) is 36.4 Å². The quantitative estimate of drug-likeness (QED) is 0.196. The summed E-state index contributed by atoms with van der Waals surface area (Å²) in [5.74, 6) is 1.39. The Morgan fingerprint density at radius 1 is 0.873 bits per heavy atom. The number of carbonyl (C=O) groups is 3. The first-order valence-electron chi connectivity index (χ1n) is 22.1. The average molecular weight is 861 g/mol. The summed E-state index contributed by atoms with van der Waals surface area (Å²) in [6, 6.07) is 20.2.